The molecule has 2 aliphatic heterocycles. The van der Waals surface area contributed by atoms with Crippen molar-refractivity contribution in [2.45, 2.75) is 51.2 Å². The molecule has 0 amide bonds. The number of rotatable bonds is 11. The number of hydrogen-bond acceptors (Lipinski definition) is 9. The highest BCUT2D eigenvalue weighted by molar-refractivity contribution is 5.93. The lowest BCUT2D eigenvalue weighted by Gasteiger charge is -2.48. The zero-order chi connectivity index (χ0) is 37.1. The van der Waals surface area contributed by atoms with Crippen LogP contribution in [0.1, 0.15) is 65.7 Å². The highest BCUT2D eigenvalue weighted by Gasteiger charge is 2.36. The van der Waals surface area contributed by atoms with E-state index in [1.54, 1.807) is 26.4 Å². The predicted octanol–water partition coefficient (Wildman–Crippen LogP) is 7.95. The van der Waals surface area contributed by atoms with Crippen molar-refractivity contribution in [2.75, 3.05) is 59.0 Å². The molecule has 4 heterocycles. The molecule has 5 aromatic rings. The fraction of sp³-hybridized carbons (Fsp3) is 0.381. The van der Waals surface area contributed by atoms with E-state index >= 15 is 0 Å². The summed E-state index contributed by atoms with van der Waals surface area (Å²) in [5.41, 5.74) is 5.69. The highest BCUT2D eigenvalue weighted by atomic mass is 19.1. The third-order valence-corrected chi connectivity index (χ3v) is 10.7. The lowest BCUT2D eigenvalue weighted by atomic mass is 9.89. The summed E-state index contributed by atoms with van der Waals surface area (Å²) in [6, 6.07) is 23.0. The third-order valence-electron chi connectivity index (χ3n) is 10.7. The van der Waals surface area contributed by atoms with Crippen molar-refractivity contribution < 1.29 is 28.1 Å². The van der Waals surface area contributed by atoms with Gasteiger partial charge >= 0.3 is 5.97 Å². The molecule has 2 aliphatic rings. The Balaban J connectivity index is 1.09. The van der Waals surface area contributed by atoms with Gasteiger partial charge in [-0.05, 0) is 65.8 Å². The molecule has 0 bridgehead atoms. The monoisotopic (exact) mass is 721 g/mol. The van der Waals surface area contributed by atoms with Crippen LogP contribution in [0.4, 0.5) is 10.1 Å². The van der Waals surface area contributed by atoms with Crippen LogP contribution in [0.2, 0.25) is 0 Å². The molecule has 0 spiro atoms. The topological polar surface area (TPSA) is 92.4 Å². The lowest BCUT2D eigenvalue weighted by Crippen LogP contribution is -2.54. The van der Waals surface area contributed by atoms with Crippen LogP contribution in [0.5, 0.6) is 23.0 Å². The van der Waals surface area contributed by atoms with Crippen LogP contribution < -0.4 is 19.1 Å². The molecule has 0 saturated carbocycles. The maximum Gasteiger partial charge on any atom is 0.341 e. The molecule has 278 valence electrons. The van der Waals surface area contributed by atoms with Gasteiger partial charge in [0.2, 0.25) is 0 Å². The number of ether oxygens (including phenoxy) is 4. The smallest absolute Gasteiger partial charge is 0.341 e. The molecule has 3 aromatic carbocycles. The number of anilines is 1. The first-order chi connectivity index (χ1) is 25.8. The molecule has 53 heavy (non-hydrogen) atoms. The number of carbonyl (C=O) groups is 1. The number of benzene rings is 3. The first kappa shape index (κ1) is 36.2. The Labute approximate surface area is 310 Å². The van der Waals surface area contributed by atoms with E-state index in [4.69, 9.17) is 18.9 Å². The maximum atomic E-state index is 14.3. The van der Waals surface area contributed by atoms with Crippen molar-refractivity contribution in [3.05, 3.63) is 107 Å². The van der Waals surface area contributed by atoms with Crippen LogP contribution in [-0.4, -0.2) is 85.8 Å². The number of esters is 1. The second kappa shape index (κ2) is 15.9. The van der Waals surface area contributed by atoms with E-state index < -0.39 is 11.8 Å². The van der Waals surface area contributed by atoms with Gasteiger partial charge in [0, 0.05) is 69.3 Å². The summed E-state index contributed by atoms with van der Waals surface area (Å²) >= 11 is 0. The van der Waals surface area contributed by atoms with Crippen LogP contribution in [0, 0.1) is 5.82 Å². The van der Waals surface area contributed by atoms with E-state index in [0.29, 0.717) is 40.1 Å². The molecular formula is C42H48FN5O5. The molecule has 2 aromatic heterocycles. The molecule has 2 saturated heterocycles. The number of pyridine rings is 1. The molecule has 7 rings (SSSR count). The van der Waals surface area contributed by atoms with Crippen molar-refractivity contribution in [2.24, 2.45) is 0 Å². The number of piperidine rings is 1. The number of aromatic amines is 1. The van der Waals surface area contributed by atoms with E-state index in [-0.39, 0.29) is 6.04 Å². The van der Waals surface area contributed by atoms with Gasteiger partial charge in [0.1, 0.15) is 28.5 Å². The molecule has 10 nitrogen and oxygen atoms in total. The van der Waals surface area contributed by atoms with E-state index in [1.807, 2.05) is 18.2 Å². The average molecular weight is 722 g/mol. The fourth-order valence-electron chi connectivity index (χ4n) is 7.95. The number of halogens is 1. The molecule has 2 fully saturated rings. The number of nitrogens with zero attached hydrogens (tertiary/aromatic N) is 4. The average Bonchev–Trinajstić information content (AvgIpc) is 3.56. The van der Waals surface area contributed by atoms with Crippen LogP contribution in [0.3, 0.4) is 0 Å². The van der Waals surface area contributed by atoms with Crippen molar-refractivity contribution in [3.63, 3.8) is 0 Å². The quantitative estimate of drug-likeness (QED) is 0.137. The summed E-state index contributed by atoms with van der Waals surface area (Å²) in [6.07, 6.45) is 4.77. The van der Waals surface area contributed by atoms with Crippen LogP contribution in [-0.2, 0) is 11.3 Å². The first-order valence-corrected chi connectivity index (χ1v) is 18.3. The fourth-order valence-corrected chi connectivity index (χ4v) is 7.95. The highest BCUT2D eigenvalue weighted by Crippen LogP contribution is 2.38. The Bertz CT molecular complexity index is 2060. The molecule has 0 aliphatic carbocycles. The second-order valence-corrected chi connectivity index (χ2v) is 14.2. The van der Waals surface area contributed by atoms with Crippen LogP contribution >= 0.6 is 0 Å². The van der Waals surface area contributed by atoms with E-state index in [0.717, 1.165) is 69.3 Å². The largest absolute Gasteiger partial charge is 0.493 e. The minimum absolute atomic E-state index is 0.259. The lowest BCUT2D eigenvalue weighted by molar-refractivity contribution is 0.0271. The van der Waals surface area contributed by atoms with Crippen LogP contribution in [0.25, 0.3) is 11.0 Å². The van der Waals surface area contributed by atoms with E-state index in [9.17, 15) is 9.18 Å². The van der Waals surface area contributed by atoms with Crippen molar-refractivity contribution in [3.8, 4) is 23.0 Å². The summed E-state index contributed by atoms with van der Waals surface area (Å²) in [4.78, 5) is 27.5. The maximum absolute atomic E-state index is 14.3. The van der Waals surface area contributed by atoms with Gasteiger partial charge in [-0.2, -0.15) is 0 Å². The number of fused-ring (bicyclic) bond motifs is 1. The SMILES string of the molecule is COC(=O)c1ccc(N2CCC(N3CCN(Cc4ccc(OC)c(OC)c4)C[C@H]3c3ccccc3C(C)C)CC2)cc1Oc1cnc2[nH]cc(F)c2c1. The molecule has 1 N–H and O–H groups in total. The Morgan fingerprint density at radius 3 is 2.47 bits per heavy atom. The van der Waals surface area contributed by atoms with Gasteiger partial charge in [-0.3, -0.25) is 9.80 Å². The van der Waals surface area contributed by atoms with Crippen molar-refractivity contribution >= 4 is 22.7 Å². The standard InChI is InChI=1S/C42H48FN5O5/c1-27(2)32-8-6-7-9-33(32)37-26-46(25-28-10-13-38(50-3)40(20-28)51-4)18-19-48(37)29-14-16-47(17-15-29)30-11-12-34(42(49)52-5)39(21-30)53-31-22-35-36(43)24-45-41(35)44-23-31/h6-13,20-24,27,29,37H,14-19,25-26H2,1-5H3,(H,44,45)/t37-/m0/s1. The summed E-state index contributed by atoms with van der Waals surface area (Å²) < 4.78 is 36.6. The number of carbonyl (C=O) groups excluding carboxylic acids is 1. The Morgan fingerprint density at radius 1 is 0.925 bits per heavy atom. The summed E-state index contributed by atoms with van der Waals surface area (Å²) in [5, 5.41) is 0.316. The summed E-state index contributed by atoms with van der Waals surface area (Å²) in [5.74, 6) is 1.64. The molecular weight excluding hydrogens is 673 g/mol. The van der Waals surface area contributed by atoms with Crippen molar-refractivity contribution in [1.82, 2.24) is 19.8 Å². The minimum Gasteiger partial charge on any atom is -0.493 e. The van der Waals surface area contributed by atoms with Gasteiger partial charge in [-0.15, -0.1) is 0 Å². The zero-order valence-corrected chi connectivity index (χ0v) is 31.1. The molecule has 1 atom stereocenters. The van der Waals surface area contributed by atoms with Gasteiger partial charge in [0.15, 0.2) is 11.5 Å². The van der Waals surface area contributed by atoms with Gasteiger partial charge < -0.3 is 28.8 Å². The van der Waals surface area contributed by atoms with Gasteiger partial charge in [-0.25, -0.2) is 14.2 Å². The number of nitrogens with one attached hydrogen (secondary N) is 1. The second-order valence-electron chi connectivity index (χ2n) is 14.2. The van der Waals surface area contributed by atoms with E-state index in [2.05, 4.69) is 74.9 Å². The van der Waals surface area contributed by atoms with Gasteiger partial charge in [0.25, 0.3) is 0 Å². The molecule has 0 radical (unpaired) electrons. The van der Waals surface area contributed by atoms with Gasteiger partial charge in [-0.1, -0.05) is 44.2 Å². The number of hydrogen-bond donors (Lipinski definition) is 1. The Morgan fingerprint density at radius 2 is 1.72 bits per heavy atom. The summed E-state index contributed by atoms with van der Waals surface area (Å²) in [6.45, 7) is 9.98. The summed E-state index contributed by atoms with van der Waals surface area (Å²) in [7, 11) is 4.69. The van der Waals surface area contributed by atoms with Crippen molar-refractivity contribution in [1.29, 1.82) is 0 Å². The number of piperazine rings is 1. The Kier molecular flexibility index (Phi) is 10.8. The van der Waals surface area contributed by atoms with Gasteiger partial charge in [0.05, 0.1) is 32.9 Å². The normalized spacial score (nSPS) is 17.3. The van der Waals surface area contributed by atoms with E-state index in [1.165, 1.54) is 36.2 Å². The zero-order valence-electron chi connectivity index (χ0n) is 31.1. The number of H-pyrrole nitrogens is 1. The predicted molar refractivity (Wildman–Crippen MR) is 204 cm³/mol. The number of methoxy groups -OCH3 is 3. The first-order valence-electron chi connectivity index (χ1n) is 18.3. The minimum atomic E-state index is -0.509. The molecule has 0 unspecified atom stereocenters. The Hall–Kier alpha value is -5.13. The number of aromatic nitrogens is 2. The molecule has 11 heteroatoms. The van der Waals surface area contributed by atoms with Crippen LogP contribution in [0.15, 0.2) is 79.1 Å². The third kappa shape index (κ3) is 7.68.